The first-order valence-corrected chi connectivity index (χ1v) is 9.98. The summed E-state index contributed by atoms with van der Waals surface area (Å²) in [6.07, 6.45) is 7.66. The lowest BCUT2D eigenvalue weighted by Crippen LogP contribution is -2.43. The highest BCUT2D eigenvalue weighted by atomic mass is 35.5. The standard InChI is InChI=1S/C20H28ClN3/c21-9-15-24-14-8-19-17(4-3-5-20(19)24)16-22-12-6-18(7-13-22)23-10-1-2-11-23/h3-5,8,14,18H,1-2,6-7,9-13,15-16H2. The van der Waals surface area contributed by atoms with Crippen LogP contribution >= 0.6 is 11.6 Å². The van der Waals surface area contributed by atoms with E-state index in [2.05, 4.69) is 44.8 Å². The van der Waals surface area contributed by atoms with Gasteiger partial charge in [0, 0.05) is 42.1 Å². The van der Waals surface area contributed by atoms with Crippen LogP contribution in [0.2, 0.25) is 0 Å². The molecule has 130 valence electrons. The number of piperidine rings is 1. The minimum atomic E-state index is 0.665. The Labute approximate surface area is 150 Å². The quantitative estimate of drug-likeness (QED) is 0.760. The summed E-state index contributed by atoms with van der Waals surface area (Å²) in [5.74, 6) is 0.665. The molecule has 2 aliphatic heterocycles. The van der Waals surface area contributed by atoms with Gasteiger partial charge < -0.3 is 9.47 Å². The first-order chi connectivity index (χ1) is 11.8. The molecule has 4 heteroatoms. The van der Waals surface area contributed by atoms with Gasteiger partial charge in [-0.1, -0.05) is 12.1 Å². The van der Waals surface area contributed by atoms with Crippen LogP contribution in [0, 0.1) is 0 Å². The van der Waals surface area contributed by atoms with Crippen LogP contribution in [0.4, 0.5) is 0 Å². The van der Waals surface area contributed by atoms with Crippen molar-refractivity contribution in [2.24, 2.45) is 0 Å². The van der Waals surface area contributed by atoms with Gasteiger partial charge in [0.1, 0.15) is 0 Å². The summed E-state index contributed by atoms with van der Waals surface area (Å²) in [5.41, 5.74) is 2.78. The molecule has 1 aromatic carbocycles. The van der Waals surface area contributed by atoms with Crippen LogP contribution in [0.1, 0.15) is 31.2 Å². The topological polar surface area (TPSA) is 11.4 Å². The number of nitrogens with zero attached hydrogens (tertiary/aromatic N) is 3. The van der Waals surface area contributed by atoms with E-state index in [4.69, 9.17) is 11.6 Å². The van der Waals surface area contributed by atoms with Crippen molar-refractivity contribution in [1.82, 2.24) is 14.4 Å². The van der Waals surface area contributed by atoms with Gasteiger partial charge >= 0.3 is 0 Å². The molecule has 2 fully saturated rings. The molecular formula is C20H28ClN3. The van der Waals surface area contributed by atoms with E-state index in [1.807, 2.05) is 0 Å². The molecule has 24 heavy (non-hydrogen) atoms. The average Bonchev–Trinajstić information content (AvgIpc) is 3.27. The van der Waals surface area contributed by atoms with Gasteiger partial charge in [-0.05, 0) is 69.6 Å². The minimum Gasteiger partial charge on any atom is -0.346 e. The number of halogens is 1. The van der Waals surface area contributed by atoms with E-state index in [1.165, 1.54) is 68.3 Å². The fraction of sp³-hybridized carbons (Fsp3) is 0.600. The number of fused-ring (bicyclic) bond motifs is 1. The summed E-state index contributed by atoms with van der Waals surface area (Å²) < 4.78 is 2.27. The van der Waals surface area contributed by atoms with Crippen molar-refractivity contribution in [2.45, 2.75) is 44.8 Å². The van der Waals surface area contributed by atoms with E-state index < -0.39 is 0 Å². The Morgan fingerprint density at radius 3 is 2.54 bits per heavy atom. The smallest absolute Gasteiger partial charge is 0.0483 e. The van der Waals surface area contributed by atoms with Crippen LogP contribution in [0.25, 0.3) is 10.9 Å². The third kappa shape index (κ3) is 3.35. The molecule has 0 atom stereocenters. The fourth-order valence-electron chi connectivity index (χ4n) is 4.50. The van der Waals surface area contributed by atoms with E-state index in [0.29, 0.717) is 5.88 Å². The van der Waals surface area contributed by atoms with E-state index in [0.717, 1.165) is 19.1 Å². The summed E-state index contributed by atoms with van der Waals surface area (Å²) in [5, 5.41) is 1.39. The molecule has 0 N–H and O–H groups in total. The van der Waals surface area contributed by atoms with Crippen molar-refractivity contribution in [2.75, 3.05) is 32.1 Å². The number of aromatic nitrogens is 1. The number of hydrogen-bond acceptors (Lipinski definition) is 2. The molecule has 2 aromatic rings. The molecule has 3 nitrogen and oxygen atoms in total. The molecule has 2 saturated heterocycles. The third-order valence-corrected chi connectivity index (χ3v) is 6.01. The monoisotopic (exact) mass is 345 g/mol. The van der Waals surface area contributed by atoms with E-state index in [9.17, 15) is 0 Å². The molecular weight excluding hydrogens is 318 g/mol. The van der Waals surface area contributed by atoms with Crippen LogP contribution in [-0.4, -0.2) is 52.5 Å². The second-order valence-corrected chi connectivity index (χ2v) is 7.68. The molecule has 0 unspecified atom stereocenters. The molecule has 0 amide bonds. The number of benzene rings is 1. The fourth-order valence-corrected chi connectivity index (χ4v) is 4.68. The van der Waals surface area contributed by atoms with Crippen LogP contribution in [0.15, 0.2) is 30.5 Å². The summed E-state index contributed by atoms with van der Waals surface area (Å²) >= 11 is 5.92. The van der Waals surface area contributed by atoms with Gasteiger partial charge in [-0.25, -0.2) is 0 Å². The number of alkyl halides is 1. The summed E-state index contributed by atoms with van der Waals surface area (Å²) in [6.45, 7) is 7.10. The van der Waals surface area contributed by atoms with Crippen molar-refractivity contribution in [1.29, 1.82) is 0 Å². The second kappa shape index (κ2) is 7.47. The summed E-state index contributed by atoms with van der Waals surface area (Å²) in [6, 6.07) is 9.79. The van der Waals surface area contributed by atoms with Gasteiger partial charge in [-0.3, -0.25) is 4.90 Å². The predicted octanol–water partition coefficient (Wildman–Crippen LogP) is 3.94. The van der Waals surface area contributed by atoms with Crippen LogP contribution < -0.4 is 0 Å². The maximum absolute atomic E-state index is 5.92. The Morgan fingerprint density at radius 2 is 1.79 bits per heavy atom. The van der Waals surface area contributed by atoms with Gasteiger partial charge in [0.2, 0.25) is 0 Å². The van der Waals surface area contributed by atoms with Crippen molar-refractivity contribution in [3.05, 3.63) is 36.0 Å². The van der Waals surface area contributed by atoms with Crippen molar-refractivity contribution in [3.63, 3.8) is 0 Å². The molecule has 0 aliphatic carbocycles. The molecule has 0 saturated carbocycles. The maximum Gasteiger partial charge on any atom is 0.0483 e. The number of rotatable bonds is 5. The second-order valence-electron chi connectivity index (χ2n) is 7.30. The molecule has 0 spiro atoms. The van der Waals surface area contributed by atoms with Gasteiger partial charge in [0.05, 0.1) is 0 Å². The number of likely N-dealkylation sites (tertiary alicyclic amines) is 2. The Morgan fingerprint density at radius 1 is 1.00 bits per heavy atom. The highest BCUT2D eigenvalue weighted by Crippen LogP contribution is 2.25. The molecule has 0 bridgehead atoms. The Kier molecular flexibility index (Phi) is 5.11. The molecule has 1 aromatic heterocycles. The zero-order valence-corrected chi connectivity index (χ0v) is 15.2. The Hall–Kier alpha value is -1.03. The number of aryl methyl sites for hydroxylation is 1. The average molecular weight is 346 g/mol. The minimum absolute atomic E-state index is 0.665. The first kappa shape index (κ1) is 16.4. The highest BCUT2D eigenvalue weighted by molar-refractivity contribution is 6.17. The zero-order valence-electron chi connectivity index (χ0n) is 14.5. The normalized spacial score (nSPS) is 21.0. The number of hydrogen-bond donors (Lipinski definition) is 0. The summed E-state index contributed by atoms with van der Waals surface area (Å²) in [7, 11) is 0. The zero-order chi connectivity index (χ0) is 16.4. The van der Waals surface area contributed by atoms with E-state index in [-0.39, 0.29) is 0 Å². The van der Waals surface area contributed by atoms with Gasteiger partial charge in [-0.15, -0.1) is 11.6 Å². The lowest BCUT2D eigenvalue weighted by Gasteiger charge is -2.36. The largest absolute Gasteiger partial charge is 0.346 e. The molecule has 0 radical (unpaired) electrons. The molecule has 4 rings (SSSR count). The Bertz CT molecular complexity index is 667. The highest BCUT2D eigenvalue weighted by Gasteiger charge is 2.26. The first-order valence-electron chi connectivity index (χ1n) is 9.44. The lowest BCUT2D eigenvalue weighted by atomic mass is 10.0. The van der Waals surface area contributed by atoms with E-state index in [1.54, 1.807) is 0 Å². The maximum atomic E-state index is 5.92. The van der Waals surface area contributed by atoms with Crippen molar-refractivity contribution >= 4 is 22.5 Å². The van der Waals surface area contributed by atoms with E-state index >= 15 is 0 Å². The van der Waals surface area contributed by atoms with Gasteiger partial charge in [0.15, 0.2) is 0 Å². The van der Waals surface area contributed by atoms with Crippen molar-refractivity contribution in [3.8, 4) is 0 Å². The SMILES string of the molecule is ClCCn1ccc2c(CN3CCC(N4CCCC4)CC3)cccc21. The molecule has 3 heterocycles. The van der Waals surface area contributed by atoms with Gasteiger partial charge in [0.25, 0.3) is 0 Å². The van der Waals surface area contributed by atoms with Gasteiger partial charge in [-0.2, -0.15) is 0 Å². The predicted molar refractivity (Wildman–Crippen MR) is 102 cm³/mol. The van der Waals surface area contributed by atoms with Crippen LogP contribution in [-0.2, 0) is 13.1 Å². The molecule has 2 aliphatic rings. The van der Waals surface area contributed by atoms with Crippen LogP contribution in [0.3, 0.4) is 0 Å². The third-order valence-electron chi connectivity index (χ3n) is 5.84. The Balaban J connectivity index is 1.41. The van der Waals surface area contributed by atoms with Crippen molar-refractivity contribution < 1.29 is 0 Å². The summed E-state index contributed by atoms with van der Waals surface area (Å²) in [4.78, 5) is 5.37. The van der Waals surface area contributed by atoms with Crippen LogP contribution in [0.5, 0.6) is 0 Å². The lowest BCUT2D eigenvalue weighted by molar-refractivity contribution is 0.123.